The number of benzene rings is 1. The molecule has 0 radical (unpaired) electrons. The Balaban J connectivity index is 1.56. The largest absolute Gasteiger partial charge is 0.355 e. The Morgan fingerprint density at radius 1 is 1.11 bits per heavy atom. The molecule has 190 valence electrons. The minimum atomic E-state index is -3.93. The standard InChI is InChI=1S/C27H32N4O4S/c1-17-14-18(2)23(19(3)15-17)11-12-24-26(21(5)30-35-24)36(33,34)31-13-7-9-22(16-31)27(32)29-25-10-6-8-20(4)28-25/h6,8,10-12,14-15,22H,7,9,13,16H2,1-5H3,(H,28,29,32)/b12-11+. The summed E-state index contributed by atoms with van der Waals surface area (Å²) in [4.78, 5) is 17.3. The number of nitrogens with zero attached hydrogens (tertiary/aromatic N) is 3. The van der Waals surface area contributed by atoms with Crippen LogP contribution in [0.3, 0.4) is 0 Å². The van der Waals surface area contributed by atoms with Gasteiger partial charge in [0, 0.05) is 18.8 Å². The molecule has 2 aromatic heterocycles. The van der Waals surface area contributed by atoms with Crippen molar-refractivity contribution in [3.8, 4) is 0 Å². The van der Waals surface area contributed by atoms with Crippen LogP contribution in [0.1, 0.15) is 52.2 Å². The monoisotopic (exact) mass is 508 g/mol. The summed E-state index contributed by atoms with van der Waals surface area (Å²) < 4.78 is 34.2. The Bertz CT molecular complexity index is 1400. The molecule has 1 unspecified atom stereocenters. The maximum atomic E-state index is 13.7. The average Bonchev–Trinajstić information content (AvgIpc) is 3.19. The molecule has 3 heterocycles. The number of aromatic nitrogens is 2. The molecule has 36 heavy (non-hydrogen) atoms. The van der Waals surface area contributed by atoms with Crippen molar-refractivity contribution < 1.29 is 17.7 Å². The van der Waals surface area contributed by atoms with Crippen LogP contribution in [0.25, 0.3) is 12.2 Å². The van der Waals surface area contributed by atoms with E-state index < -0.39 is 15.9 Å². The fourth-order valence-electron chi connectivity index (χ4n) is 4.76. The van der Waals surface area contributed by atoms with E-state index in [1.54, 1.807) is 19.1 Å². The topological polar surface area (TPSA) is 105 Å². The molecule has 0 aliphatic carbocycles. The van der Waals surface area contributed by atoms with E-state index in [0.717, 1.165) is 22.4 Å². The van der Waals surface area contributed by atoms with Gasteiger partial charge in [-0.1, -0.05) is 35.0 Å². The molecule has 3 aromatic rings. The molecule has 9 heteroatoms. The quantitative estimate of drug-likeness (QED) is 0.512. The van der Waals surface area contributed by atoms with E-state index in [2.05, 4.69) is 27.6 Å². The number of anilines is 1. The fourth-order valence-corrected chi connectivity index (χ4v) is 6.53. The number of hydrogen-bond donors (Lipinski definition) is 1. The second-order valence-electron chi connectivity index (χ2n) is 9.46. The molecular weight excluding hydrogens is 476 g/mol. The highest BCUT2D eigenvalue weighted by molar-refractivity contribution is 7.89. The third kappa shape index (κ3) is 5.42. The van der Waals surface area contributed by atoms with Gasteiger partial charge in [0.1, 0.15) is 11.5 Å². The van der Waals surface area contributed by atoms with Crippen LogP contribution in [0.4, 0.5) is 5.82 Å². The number of nitrogens with one attached hydrogen (secondary N) is 1. The Morgan fingerprint density at radius 2 is 1.83 bits per heavy atom. The van der Waals surface area contributed by atoms with Crippen LogP contribution in [0.2, 0.25) is 0 Å². The number of amides is 1. The van der Waals surface area contributed by atoms with Crippen molar-refractivity contribution >= 4 is 33.9 Å². The van der Waals surface area contributed by atoms with Crippen molar-refractivity contribution in [2.24, 2.45) is 5.92 Å². The molecule has 1 fully saturated rings. The van der Waals surface area contributed by atoms with Gasteiger partial charge in [-0.2, -0.15) is 4.31 Å². The highest BCUT2D eigenvalue weighted by atomic mass is 32.2. The predicted octanol–water partition coefficient (Wildman–Crippen LogP) is 4.82. The number of pyridine rings is 1. The summed E-state index contributed by atoms with van der Waals surface area (Å²) in [5, 5.41) is 6.77. The van der Waals surface area contributed by atoms with Gasteiger partial charge in [-0.25, -0.2) is 13.4 Å². The summed E-state index contributed by atoms with van der Waals surface area (Å²) >= 11 is 0. The first-order chi connectivity index (χ1) is 17.1. The van der Waals surface area contributed by atoms with Gasteiger partial charge < -0.3 is 9.84 Å². The van der Waals surface area contributed by atoms with Gasteiger partial charge in [0.2, 0.25) is 15.9 Å². The van der Waals surface area contributed by atoms with E-state index in [-0.39, 0.29) is 23.1 Å². The number of aryl methyl sites for hydroxylation is 5. The van der Waals surface area contributed by atoms with Gasteiger partial charge in [0.05, 0.1) is 5.92 Å². The Kier molecular flexibility index (Phi) is 7.42. The lowest BCUT2D eigenvalue weighted by Gasteiger charge is -2.31. The van der Waals surface area contributed by atoms with Crippen molar-refractivity contribution in [3.63, 3.8) is 0 Å². The highest BCUT2D eigenvalue weighted by Crippen LogP contribution is 2.30. The first kappa shape index (κ1) is 25.8. The molecule has 1 atom stereocenters. The van der Waals surface area contributed by atoms with E-state index in [0.29, 0.717) is 30.9 Å². The first-order valence-corrected chi connectivity index (χ1v) is 13.5. The van der Waals surface area contributed by atoms with Gasteiger partial charge in [0.25, 0.3) is 0 Å². The van der Waals surface area contributed by atoms with Gasteiger partial charge in [-0.05, 0) is 82.4 Å². The fraction of sp³-hybridized carbons (Fsp3) is 0.370. The van der Waals surface area contributed by atoms with Crippen molar-refractivity contribution in [1.82, 2.24) is 14.4 Å². The molecule has 4 rings (SSSR count). The lowest BCUT2D eigenvalue weighted by molar-refractivity contribution is -0.120. The average molecular weight is 509 g/mol. The lowest BCUT2D eigenvalue weighted by atomic mass is 9.99. The molecule has 0 bridgehead atoms. The van der Waals surface area contributed by atoms with Crippen molar-refractivity contribution in [1.29, 1.82) is 0 Å². The van der Waals surface area contributed by atoms with Crippen LogP contribution < -0.4 is 5.32 Å². The van der Waals surface area contributed by atoms with Gasteiger partial charge in [-0.15, -0.1) is 0 Å². The molecule has 0 spiro atoms. The van der Waals surface area contributed by atoms with E-state index in [1.165, 1.54) is 9.87 Å². The number of piperidine rings is 1. The zero-order chi connectivity index (χ0) is 26.0. The summed E-state index contributed by atoms with van der Waals surface area (Å²) in [6.07, 6.45) is 4.71. The molecule has 1 aliphatic heterocycles. The predicted molar refractivity (Wildman–Crippen MR) is 140 cm³/mol. The van der Waals surface area contributed by atoms with Gasteiger partial charge in [0.15, 0.2) is 10.7 Å². The second kappa shape index (κ2) is 10.4. The maximum Gasteiger partial charge on any atom is 0.248 e. The van der Waals surface area contributed by atoms with Crippen LogP contribution >= 0.6 is 0 Å². The summed E-state index contributed by atoms with van der Waals surface area (Å²) in [7, 11) is -3.93. The SMILES string of the molecule is Cc1cc(C)c(/C=C/c2onc(C)c2S(=O)(=O)N2CCCC(C(=O)Nc3cccc(C)n3)C2)c(C)c1. The third-order valence-electron chi connectivity index (χ3n) is 6.47. The first-order valence-electron chi connectivity index (χ1n) is 12.0. The second-order valence-corrected chi connectivity index (χ2v) is 11.3. The van der Waals surface area contributed by atoms with Crippen molar-refractivity contribution in [2.75, 3.05) is 18.4 Å². The van der Waals surface area contributed by atoms with E-state index in [9.17, 15) is 13.2 Å². The van der Waals surface area contributed by atoms with E-state index in [4.69, 9.17) is 4.52 Å². The van der Waals surface area contributed by atoms with Crippen LogP contribution in [0.15, 0.2) is 39.8 Å². The van der Waals surface area contributed by atoms with Crippen molar-refractivity contribution in [2.45, 2.75) is 52.4 Å². The maximum absolute atomic E-state index is 13.7. The molecular formula is C27H32N4O4S. The van der Waals surface area contributed by atoms with Gasteiger partial charge >= 0.3 is 0 Å². The molecule has 1 N–H and O–H groups in total. The molecule has 1 aromatic carbocycles. The van der Waals surface area contributed by atoms with Crippen LogP contribution in [0.5, 0.6) is 0 Å². The smallest absolute Gasteiger partial charge is 0.248 e. The van der Waals surface area contributed by atoms with Crippen LogP contribution in [-0.2, 0) is 14.8 Å². The molecule has 1 saturated heterocycles. The zero-order valence-corrected chi connectivity index (χ0v) is 22.1. The number of carbonyl (C=O) groups excluding carboxylic acids is 1. The number of sulfonamides is 1. The van der Waals surface area contributed by atoms with Crippen LogP contribution in [-0.4, -0.2) is 41.9 Å². The zero-order valence-electron chi connectivity index (χ0n) is 21.3. The Morgan fingerprint density at radius 3 is 2.53 bits per heavy atom. The van der Waals surface area contributed by atoms with E-state index >= 15 is 0 Å². The Hall–Kier alpha value is -3.30. The summed E-state index contributed by atoms with van der Waals surface area (Å²) in [6, 6.07) is 9.55. The third-order valence-corrected chi connectivity index (χ3v) is 8.49. The summed E-state index contributed by atoms with van der Waals surface area (Å²) in [5.41, 5.74) is 5.46. The summed E-state index contributed by atoms with van der Waals surface area (Å²) in [5.74, 6) is -0.0697. The van der Waals surface area contributed by atoms with E-state index in [1.807, 2.05) is 45.9 Å². The lowest BCUT2D eigenvalue weighted by Crippen LogP contribution is -2.44. The van der Waals surface area contributed by atoms with Gasteiger partial charge in [-0.3, -0.25) is 4.79 Å². The summed E-state index contributed by atoms with van der Waals surface area (Å²) in [6.45, 7) is 9.97. The molecule has 1 aliphatic rings. The molecule has 8 nitrogen and oxygen atoms in total. The minimum Gasteiger partial charge on any atom is -0.355 e. The number of hydrogen-bond acceptors (Lipinski definition) is 6. The molecule has 0 saturated carbocycles. The highest BCUT2D eigenvalue weighted by Gasteiger charge is 2.37. The number of rotatable bonds is 6. The van der Waals surface area contributed by atoms with Crippen molar-refractivity contribution in [3.05, 3.63) is 69.7 Å². The normalized spacial score (nSPS) is 17.0. The molecule has 1 amide bonds. The minimum absolute atomic E-state index is 0.0441. The van der Waals surface area contributed by atoms with Crippen LogP contribution in [0, 0.1) is 40.5 Å². The number of carbonyl (C=O) groups is 1. The Labute approximate surface area is 212 Å².